The van der Waals surface area contributed by atoms with E-state index >= 15 is 0 Å². The molecule has 2 heterocycles. The molecule has 1 N–H and O–H groups in total. The third-order valence-corrected chi connectivity index (χ3v) is 7.31. The highest BCUT2D eigenvalue weighted by Crippen LogP contribution is 2.39. The first-order valence-corrected chi connectivity index (χ1v) is 13.2. The van der Waals surface area contributed by atoms with E-state index in [0.717, 1.165) is 10.8 Å². The van der Waals surface area contributed by atoms with Gasteiger partial charge in [0.1, 0.15) is 0 Å². The van der Waals surface area contributed by atoms with Gasteiger partial charge in [-0.2, -0.15) is 26.3 Å². The summed E-state index contributed by atoms with van der Waals surface area (Å²) in [5.74, 6) is -1.56. The highest BCUT2D eigenvalue weighted by Gasteiger charge is 2.38. The zero-order chi connectivity index (χ0) is 30.1. The molecule has 7 nitrogen and oxygen atoms in total. The zero-order valence-corrected chi connectivity index (χ0v) is 22.2. The van der Waals surface area contributed by atoms with E-state index in [-0.39, 0.29) is 43.6 Å². The van der Waals surface area contributed by atoms with Crippen LogP contribution in [0.2, 0.25) is 0 Å². The maximum Gasteiger partial charge on any atom is 0.416 e. The molecule has 0 aliphatic heterocycles. The minimum atomic E-state index is -5.03. The summed E-state index contributed by atoms with van der Waals surface area (Å²) in [5, 5.41) is 9.92. The first-order chi connectivity index (χ1) is 19.9. The fourth-order valence-corrected chi connectivity index (χ4v) is 5.24. The minimum Gasteiger partial charge on any atom is -0.476 e. The van der Waals surface area contributed by atoms with Gasteiger partial charge in [0.05, 0.1) is 39.0 Å². The number of rotatable bonds is 9. The number of para-hydroxylation sites is 3. The average molecular weight is 607 g/mol. The Morgan fingerprint density at radius 3 is 2.17 bits per heavy atom. The van der Waals surface area contributed by atoms with Gasteiger partial charge in [-0.25, -0.2) is 19.7 Å². The SMILES string of the molecule is O=C(O)c1nc2ccccc2nc1OCCCN(Cc1ccc(C(F)(F)F)cc1C(F)(F)F)c1nc2ccccc2s1. The number of hydrogen-bond acceptors (Lipinski definition) is 7. The number of anilines is 1. The summed E-state index contributed by atoms with van der Waals surface area (Å²) in [6.45, 7) is -0.377. The molecule has 0 saturated heterocycles. The number of aromatic nitrogens is 3. The fourth-order valence-electron chi connectivity index (χ4n) is 4.25. The molecule has 0 aliphatic rings. The molecule has 0 unspecified atom stereocenters. The van der Waals surface area contributed by atoms with Crippen LogP contribution in [0.3, 0.4) is 0 Å². The Bertz CT molecular complexity index is 1720. The maximum atomic E-state index is 13.9. The number of benzene rings is 3. The quantitative estimate of drug-likeness (QED) is 0.138. The lowest BCUT2D eigenvalue weighted by atomic mass is 10.0. The number of hydrogen-bond donors (Lipinski definition) is 1. The average Bonchev–Trinajstić information content (AvgIpc) is 3.37. The van der Waals surface area contributed by atoms with Crippen LogP contribution in [0.1, 0.15) is 33.6 Å². The third-order valence-electron chi connectivity index (χ3n) is 6.21. The van der Waals surface area contributed by atoms with E-state index in [4.69, 9.17) is 4.74 Å². The van der Waals surface area contributed by atoms with Crippen molar-refractivity contribution >= 4 is 43.7 Å². The molecule has 0 bridgehead atoms. The molecule has 0 spiro atoms. The summed E-state index contributed by atoms with van der Waals surface area (Å²) in [4.78, 5) is 26.1. The Labute approximate surface area is 238 Å². The number of aromatic carboxylic acids is 1. The number of thiazole rings is 1. The summed E-state index contributed by atoms with van der Waals surface area (Å²) >= 11 is 1.22. The lowest BCUT2D eigenvalue weighted by molar-refractivity contribution is -0.143. The van der Waals surface area contributed by atoms with Crippen LogP contribution in [-0.2, 0) is 18.9 Å². The zero-order valence-electron chi connectivity index (χ0n) is 21.4. The van der Waals surface area contributed by atoms with Crippen LogP contribution in [-0.4, -0.2) is 39.2 Å². The summed E-state index contributed by atoms with van der Waals surface area (Å²) < 4.78 is 87.6. The molecule has 42 heavy (non-hydrogen) atoms. The largest absolute Gasteiger partial charge is 0.476 e. The van der Waals surface area contributed by atoms with Crippen LogP contribution in [0.15, 0.2) is 66.7 Å². The van der Waals surface area contributed by atoms with Crippen molar-refractivity contribution in [1.29, 1.82) is 0 Å². The second-order valence-corrected chi connectivity index (χ2v) is 10.1. The number of fused-ring (bicyclic) bond motifs is 2. The monoisotopic (exact) mass is 606 g/mol. The van der Waals surface area contributed by atoms with Crippen molar-refractivity contribution in [2.75, 3.05) is 18.1 Å². The van der Waals surface area contributed by atoms with Gasteiger partial charge < -0.3 is 14.7 Å². The second kappa shape index (κ2) is 11.4. The van der Waals surface area contributed by atoms with Gasteiger partial charge in [0.25, 0.3) is 0 Å². The summed E-state index contributed by atoms with van der Waals surface area (Å²) in [6.07, 6.45) is -9.78. The second-order valence-electron chi connectivity index (χ2n) is 9.13. The van der Waals surface area contributed by atoms with E-state index in [1.165, 1.54) is 16.2 Å². The predicted molar refractivity (Wildman–Crippen MR) is 144 cm³/mol. The fraction of sp³-hybridized carbons (Fsp3) is 0.214. The van der Waals surface area contributed by atoms with E-state index in [9.17, 15) is 36.2 Å². The Kier molecular flexibility index (Phi) is 7.91. The molecule has 0 fully saturated rings. The van der Waals surface area contributed by atoms with Crippen molar-refractivity contribution < 1.29 is 41.0 Å². The molecule has 0 aliphatic carbocycles. The summed E-state index contributed by atoms with van der Waals surface area (Å²) in [7, 11) is 0. The lowest BCUT2D eigenvalue weighted by Gasteiger charge is -2.24. The van der Waals surface area contributed by atoms with E-state index in [0.29, 0.717) is 27.7 Å². The molecule has 0 amide bonds. The van der Waals surface area contributed by atoms with E-state index < -0.39 is 35.1 Å². The number of alkyl halides is 6. The van der Waals surface area contributed by atoms with Crippen molar-refractivity contribution in [1.82, 2.24) is 15.0 Å². The molecule has 14 heteroatoms. The Morgan fingerprint density at radius 1 is 0.857 bits per heavy atom. The van der Waals surface area contributed by atoms with Crippen LogP contribution in [0.25, 0.3) is 21.3 Å². The highest BCUT2D eigenvalue weighted by atomic mass is 32.1. The molecule has 3 aromatic carbocycles. The van der Waals surface area contributed by atoms with Crippen LogP contribution < -0.4 is 9.64 Å². The first kappa shape index (κ1) is 29.0. The van der Waals surface area contributed by atoms with Crippen molar-refractivity contribution in [3.63, 3.8) is 0 Å². The van der Waals surface area contributed by atoms with Crippen molar-refractivity contribution in [2.24, 2.45) is 0 Å². The Hall–Kier alpha value is -4.46. The van der Waals surface area contributed by atoms with Crippen LogP contribution in [0.5, 0.6) is 5.88 Å². The Balaban J connectivity index is 1.41. The number of nitrogens with zero attached hydrogens (tertiary/aromatic N) is 4. The van der Waals surface area contributed by atoms with Crippen LogP contribution in [0.4, 0.5) is 31.5 Å². The van der Waals surface area contributed by atoms with Gasteiger partial charge in [-0.05, 0) is 48.4 Å². The van der Waals surface area contributed by atoms with Gasteiger partial charge in [0.2, 0.25) is 11.6 Å². The summed E-state index contributed by atoms with van der Waals surface area (Å²) in [6, 6.07) is 15.3. The molecule has 0 radical (unpaired) electrons. The molecule has 0 saturated carbocycles. The van der Waals surface area contributed by atoms with E-state index in [1.807, 2.05) is 0 Å². The first-order valence-electron chi connectivity index (χ1n) is 12.4. The van der Waals surface area contributed by atoms with Gasteiger partial charge in [0, 0.05) is 13.1 Å². The molecule has 2 aromatic heterocycles. The van der Waals surface area contributed by atoms with Crippen molar-refractivity contribution in [2.45, 2.75) is 25.3 Å². The number of carboxylic acids is 1. The van der Waals surface area contributed by atoms with Gasteiger partial charge in [-0.3, -0.25) is 0 Å². The molecule has 5 rings (SSSR count). The van der Waals surface area contributed by atoms with E-state index in [1.54, 1.807) is 48.5 Å². The molecular weight excluding hydrogens is 586 g/mol. The standard InChI is InChI=1S/C28H20F6N4O3S/c29-27(30,31)17-11-10-16(18(14-17)28(32,33)34)15-38(26-37-21-8-3-4-9-22(21)42-26)12-5-13-41-24-23(25(39)40)35-19-6-1-2-7-20(19)36-24/h1-4,6-11,14H,5,12-13,15H2,(H,39,40). The molecular formula is C28H20F6N4O3S. The highest BCUT2D eigenvalue weighted by molar-refractivity contribution is 7.22. The lowest BCUT2D eigenvalue weighted by Crippen LogP contribution is -2.27. The number of carboxylic acid groups (broad SMARTS) is 1. The number of ether oxygens (including phenoxy) is 1. The normalized spacial score (nSPS) is 12.1. The van der Waals surface area contributed by atoms with Gasteiger partial charge in [0.15, 0.2) is 5.13 Å². The molecule has 0 atom stereocenters. The topological polar surface area (TPSA) is 88.4 Å². The summed E-state index contributed by atoms with van der Waals surface area (Å²) in [5.41, 5.74) is -2.15. The number of halogens is 6. The molecule has 5 aromatic rings. The number of carbonyl (C=O) groups is 1. The van der Waals surface area contributed by atoms with Crippen molar-refractivity contribution in [3.8, 4) is 5.88 Å². The van der Waals surface area contributed by atoms with E-state index in [2.05, 4.69) is 15.0 Å². The predicted octanol–water partition coefficient (Wildman–Crippen LogP) is 7.45. The van der Waals surface area contributed by atoms with Gasteiger partial charge >= 0.3 is 18.3 Å². The van der Waals surface area contributed by atoms with Gasteiger partial charge in [-0.1, -0.05) is 41.7 Å². The van der Waals surface area contributed by atoms with Gasteiger partial charge in [-0.15, -0.1) is 0 Å². The maximum absolute atomic E-state index is 13.9. The minimum absolute atomic E-state index is 0.0756. The molecule has 218 valence electrons. The Morgan fingerprint density at radius 2 is 1.52 bits per heavy atom. The van der Waals surface area contributed by atoms with Crippen LogP contribution in [0, 0.1) is 0 Å². The smallest absolute Gasteiger partial charge is 0.416 e. The third kappa shape index (κ3) is 6.38. The van der Waals surface area contributed by atoms with Crippen LogP contribution >= 0.6 is 11.3 Å². The van der Waals surface area contributed by atoms with Crippen molar-refractivity contribution in [3.05, 3.63) is 89.1 Å².